The predicted octanol–water partition coefficient (Wildman–Crippen LogP) is 2.10. The van der Waals surface area contributed by atoms with E-state index in [0.717, 1.165) is 36.0 Å². The van der Waals surface area contributed by atoms with Crippen LogP contribution in [0.15, 0.2) is 52.0 Å². The first kappa shape index (κ1) is 19.6. The Bertz CT molecular complexity index is 855. The molecule has 0 saturated carbocycles. The van der Waals surface area contributed by atoms with Crippen molar-refractivity contribution in [2.24, 2.45) is 0 Å². The summed E-state index contributed by atoms with van der Waals surface area (Å²) in [6, 6.07) is 9.75. The molecule has 1 saturated heterocycles. The van der Waals surface area contributed by atoms with Crippen molar-refractivity contribution < 1.29 is 17.6 Å². The molecule has 7 nitrogen and oxygen atoms in total. The van der Waals surface area contributed by atoms with Crippen LogP contribution >= 0.6 is 0 Å². The van der Waals surface area contributed by atoms with Crippen LogP contribution in [0.25, 0.3) is 0 Å². The van der Waals surface area contributed by atoms with E-state index in [1.165, 1.54) is 38.4 Å². The summed E-state index contributed by atoms with van der Waals surface area (Å²) in [5.74, 6) is 0.601. The summed E-state index contributed by atoms with van der Waals surface area (Å²) in [5, 5.41) is 2.94. The third-order valence-electron chi connectivity index (χ3n) is 4.80. The van der Waals surface area contributed by atoms with E-state index in [1.807, 2.05) is 12.1 Å². The Morgan fingerprint density at radius 2 is 1.85 bits per heavy atom. The number of hydrogen-bond acceptors (Lipinski definition) is 5. The summed E-state index contributed by atoms with van der Waals surface area (Å²) in [5.41, 5.74) is 0.423. The maximum absolute atomic E-state index is 12.5. The monoisotopic (exact) mass is 391 g/mol. The Morgan fingerprint density at radius 1 is 1.19 bits per heavy atom. The quantitative estimate of drug-likeness (QED) is 0.782. The van der Waals surface area contributed by atoms with Crippen LogP contribution in [0.1, 0.15) is 35.0 Å². The molecule has 1 aliphatic rings. The molecular formula is C19H25N3O4S. The molecule has 1 fully saturated rings. The first-order chi connectivity index (χ1) is 12.9. The lowest BCUT2D eigenvalue weighted by Gasteiger charge is -2.26. The molecule has 1 aromatic carbocycles. The van der Waals surface area contributed by atoms with Gasteiger partial charge in [0, 0.05) is 26.2 Å². The summed E-state index contributed by atoms with van der Waals surface area (Å²) < 4.78 is 30.9. The number of benzene rings is 1. The lowest BCUT2D eigenvalue weighted by molar-refractivity contribution is 0.0933. The molecule has 3 rings (SSSR count). The fraction of sp³-hybridized carbons (Fsp3) is 0.421. The van der Waals surface area contributed by atoms with Gasteiger partial charge in [-0.1, -0.05) is 0 Å². The first-order valence-electron chi connectivity index (χ1n) is 8.98. The van der Waals surface area contributed by atoms with Crippen molar-refractivity contribution in [3.8, 4) is 0 Å². The second kappa shape index (κ2) is 8.24. The van der Waals surface area contributed by atoms with E-state index >= 15 is 0 Å². The van der Waals surface area contributed by atoms with E-state index in [4.69, 9.17) is 4.42 Å². The number of carbonyl (C=O) groups is 1. The van der Waals surface area contributed by atoms with Crippen molar-refractivity contribution in [1.29, 1.82) is 0 Å². The van der Waals surface area contributed by atoms with Gasteiger partial charge in [0.2, 0.25) is 10.0 Å². The number of rotatable bonds is 7. The second-order valence-electron chi connectivity index (χ2n) is 6.80. The Kier molecular flexibility index (Phi) is 5.98. The highest BCUT2D eigenvalue weighted by Gasteiger charge is 2.26. The van der Waals surface area contributed by atoms with Crippen LogP contribution in [0.2, 0.25) is 0 Å². The first-order valence-corrected chi connectivity index (χ1v) is 10.4. The third-order valence-corrected chi connectivity index (χ3v) is 6.63. The molecule has 1 amide bonds. The van der Waals surface area contributed by atoms with Crippen LogP contribution < -0.4 is 5.32 Å². The minimum Gasteiger partial charge on any atom is -0.468 e. The largest absolute Gasteiger partial charge is 0.468 e. The zero-order chi connectivity index (χ0) is 19.4. The molecule has 8 heteroatoms. The van der Waals surface area contributed by atoms with Crippen LogP contribution in [0.3, 0.4) is 0 Å². The summed E-state index contributed by atoms with van der Waals surface area (Å²) in [6.45, 7) is 2.40. The van der Waals surface area contributed by atoms with Gasteiger partial charge in [0.25, 0.3) is 5.91 Å². The summed E-state index contributed by atoms with van der Waals surface area (Å²) in [6.07, 6.45) is 3.93. The molecule has 146 valence electrons. The molecule has 27 heavy (non-hydrogen) atoms. The van der Waals surface area contributed by atoms with Gasteiger partial charge in [-0.2, -0.15) is 0 Å². The number of sulfonamides is 1. The molecule has 2 heterocycles. The van der Waals surface area contributed by atoms with E-state index < -0.39 is 10.0 Å². The lowest BCUT2D eigenvalue weighted by Crippen LogP contribution is -2.36. The minimum absolute atomic E-state index is 0.000146. The molecule has 0 bridgehead atoms. The van der Waals surface area contributed by atoms with Gasteiger partial charge in [0.1, 0.15) is 5.76 Å². The Labute approximate surface area is 160 Å². The smallest absolute Gasteiger partial charge is 0.251 e. The SMILES string of the molecule is CN(C)S(=O)(=O)c1ccc(C(=O)NCC(c2ccco2)N2CCCC2)cc1. The van der Waals surface area contributed by atoms with Gasteiger partial charge in [-0.05, 0) is 62.3 Å². The molecule has 0 spiro atoms. The summed E-state index contributed by atoms with van der Waals surface area (Å²) in [7, 11) is -0.553. The fourth-order valence-corrected chi connectivity index (χ4v) is 4.13. The number of carbonyl (C=O) groups excluding carboxylic acids is 1. The molecule has 2 aromatic rings. The maximum Gasteiger partial charge on any atom is 0.251 e. The van der Waals surface area contributed by atoms with Crippen molar-refractivity contribution in [2.45, 2.75) is 23.8 Å². The number of furan rings is 1. The number of nitrogens with one attached hydrogen (secondary N) is 1. The van der Waals surface area contributed by atoms with Crippen LogP contribution in [-0.2, 0) is 10.0 Å². The van der Waals surface area contributed by atoms with Crippen molar-refractivity contribution in [1.82, 2.24) is 14.5 Å². The molecule has 1 aliphatic heterocycles. The summed E-state index contributed by atoms with van der Waals surface area (Å²) in [4.78, 5) is 15.0. The van der Waals surface area contributed by atoms with Crippen molar-refractivity contribution in [3.05, 3.63) is 54.0 Å². The molecule has 1 aromatic heterocycles. The Balaban J connectivity index is 1.67. The van der Waals surface area contributed by atoms with Gasteiger partial charge >= 0.3 is 0 Å². The van der Waals surface area contributed by atoms with Gasteiger partial charge < -0.3 is 9.73 Å². The lowest BCUT2D eigenvalue weighted by atomic mass is 10.1. The normalized spacial score (nSPS) is 16.6. The molecule has 1 unspecified atom stereocenters. The van der Waals surface area contributed by atoms with Crippen molar-refractivity contribution in [2.75, 3.05) is 33.7 Å². The number of nitrogens with zero attached hydrogens (tertiary/aromatic N) is 2. The van der Waals surface area contributed by atoms with Gasteiger partial charge in [-0.3, -0.25) is 9.69 Å². The van der Waals surface area contributed by atoms with Crippen LogP contribution in [0.4, 0.5) is 0 Å². The third kappa shape index (κ3) is 4.40. The highest BCUT2D eigenvalue weighted by Crippen LogP contribution is 2.25. The standard InChI is InChI=1S/C19H25N3O4S/c1-21(2)27(24,25)16-9-7-15(8-10-16)19(23)20-14-17(18-6-5-13-26-18)22-11-3-4-12-22/h5-10,13,17H,3-4,11-12,14H2,1-2H3,(H,20,23). The molecule has 1 atom stereocenters. The van der Waals surface area contributed by atoms with Crippen LogP contribution in [0, 0.1) is 0 Å². The van der Waals surface area contributed by atoms with Gasteiger partial charge in [-0.15, -0.1) is 0 Å². The topological polar surface area (TPSA) is 82.9 Å². The Hall–Kier alpha value is -2.16. The average Bonchev–Trinajstić information content (AvgIpc) is 3.36. The molecule has 0 aliphatic carbocycles. The molecular weight excluding hydrogens is 366 g/mol. The molecule has 0 radical (unpaired) electrons. The van der Waals surface area contributed by atoms with Gasteiger partial charge in [0.15, 0.2) is 0 Å². The van der Waals surface area contributed by atoms with Crippen LogP contribution in [-0.4, -0.2) is 57.3 Å². The predicted molar refractivity (Wildman–Crippen MR) is 102 cm³/mol. The number of likely N-dealkylation sites (tertiary alicyclic amines) is 1. The number of amides is 1. The fourth-order valence-electron chi connectivity index (χ4n) is 3.22. The minimum atomic E-state index is -3.50. The zero-order valence-corrected chi connectivity index (χ0v) is 16.4. The maximum atomic E-state index is 12.5. The van der Waals surface area contributed by atoms with E-state index in [2.05, 4.69) is 10.2 Å². The average molecular weight is 391 g/mol. The second-order valence-corrected chi connectivity index (χ2v) is 8.95. The van der Waals surface area contributed by atoms with Gasteiger partial charge in [0.05, 0.1) is 17.2 Å². The zero-order valence-electron chi connectivity index (χ0n) is 15.6. The highest BCUT2D eigenvalue weighted by molar-refractivity contribution is 7.89. The summed E-state index contributed by atoms with van der Waals surface area (Å²) >= 11 is 0. The van der Waals surface area contributed by atoms with E-state index in [-0.39, 0.29) is 16.8 Å². The van der Waals surface area contributed by atoms with E-state index in [1.54, 1.807) is 6.26 Å². The molecule has 1 N–H and O–H groups in total. The Morgan fingerprint density at radius 3 is 2.41 bits per heavy atom. The van der Waals surface area contributed by atoms with E-state index in [9.17, 15) is 13.2 Å². The van der Waals surface area contributed by atoms with Crippen molar-refractivity contribution in [3.63, 3.8) is 0 Å². The van der Waals surface area contributed by atoms with Gasteiger partial charge in [-0.25, -0.2) is 12.7 Å². The van der Waals surface area contributed by atoms with E-state index in [0.29, 0.717) is 12.1 Å². The van der Waals surface area contributed by atoms with Crippen LogP contribution in [0.5, 0.6) is 0 Å². The number of hydrogen-bond donors (Lipinski definition) is 1. The van der Waals surface area contributed by atoms with Crippen molar-refractivity contribution >= 4 is 15.9 Å². The highest BCUT2D eigenvalue weighted by atomic mass is 32.2.